The van der Waals surface area contributed by atoms with E-state index in [1.54, 1.807) is 0 Å². The number of hydrogen-bond acceptors (Lipinski definition) is 3. The Labute approximate surface area is 110 Å². The second-order valence-corrected chi connectivity index (χ2v) is 5.96. The summed E-state index contributed by atoms with van der Waals surface area (Å²) in [5.41, 5.74) is 0. The molecule has 0 aromatic carbocycles. The highest BCUT2D eigenvalue weighted by Crippen LogP contribution is 2.24. The molecule has 4 nitrogen and oxygen atoms in total. The molecule has 1 heterocycles. The molecule has 0 aromatic heterocycles. The highest BCUT2D eigenvalue weighted by Gasteiger charge is 2.24. The lowest BCUT2D eigenvalue weighted by atomic mass is 9.89. The number of carbonyl (C=O) groups is 1. The van der Waals surface area contributed by atoms with Crippen molar-refractivity contribution in [3.05, 3.63) is 0 Å². The summed E-state index contributed by atoms with van der Waals surface area (Å²) in [5, 5.41) is 9.45. The molecule has 104 valence electrons. The minimum absolute atomic E-state index is 0.203. The minimum atomic E-state index is -0.235. The Balaban J connectivity index is 1.70. The summed E-state index contributed by atoms with van der Waals surface area (Å²) in [6.45, 7) is 2.89. The molecule has 2 fully saturated rings. The van der Waals surface area contributed by atoms with E-state index in [-0.39, 0.29) is 12.0 Å². The maximum atomic E-state index is 12.1. The van der Waals surface area contributed by atoms with E-state index >= 15 is 0 Å². The van der Waals surface area contributed by atoms with Crippen molar-refractivity contribution in [2.24, 2.45) is 5.92 Å². The zero-order chi connectivity index (χ0) is 13.0. The van der Waals surface area contributed by atoms with Crippen LogP contribution in [0.3, 0.4) is 0 Å². The standard InChI is InChI=1S/C14H26N2O2/c1-15(9-12-5-3-2-4-6-12)14(18)11-16-8-7-13(17)10-16/h12-13,17H,2-11H2,1H3/t13-/m1/s1. The molecular formula is C14H26N2O2. The molecule has 0 aromatic rings. The Kier molecular flexibility index (Phi) is 5.01. The zero-order valence-corrected chi connectivity index (χ0v) is 11.5. The number of aliphatic hydroxyl groups excluding tert-OH is 1. The van der Waals surface area contributed by atoms with E-state index < -0.39 is 0 Å². The lowest BCUT2D eigenvalue weighted by molar-refractivity contribution is -0.131. The van der Waals surface area contributed by atoms with E-state index in [2.05, 4.69) is 4.90 Å². The van der Waals surface area contributed by atoms with Gasteiger partial charge in [-0.2, -0.15) is 0 Å². The Morgan fingerprint density at radius 3 is 2.61 bits per heavy atom. The lowest BCUT2D eigenvalue weighted by Crippen LogP contribution is -2.40. The molecule has 1 amide bonds. The Morgan fingerprint density at radius 1 is 1.28 bits per heavy atom. The summed E-state index contributed by atoms with van der Waals surface area (Å²) < 4.78 is 0. The third-order valence-electron chi connectivity index (χ3n) is 4.29. The number of nitrogens with zero attached hydrogens (tertiary/aromatic N) is 2. The highest BCUT2D eigenvalue weighted by atomic mass is 16.3. The van der Waals surface area contributed by atoms with Gasteiger partial charge in [0.1, 0.15) is 0 Å². The molecule has 1 aliphatic carbocycles. The van der Waals surface area contributed by atoms with Crippen LogP contribution in [-0.2, 0) is 4.79 Å². The maximum Gasteiger partial charge on any atom is 0.236 e. The highest BCUT2D eigenvalue weighted by molar-refractivity contribution is 5.78. The number of hydrogen-bond donors (Lipinski definition) is 1. The van der Waals surface area contributed by atoms with Crippen LogP contribution in [0.25, 0.3) is 0 Å². The van der Waals surface area contributed by atoms with Gasteiger partial charge in [0, 0.05) is 26.7 Å². The fourth-order valence-corrected chi connectivity index (χ4v) is 3.13. The second kappa shape index (κ2) is 6.53. The van der Waals surface area contributed by atoms with E-state index in [1.165, 1.54) is 32.1 Å². The first kappa shape index (κ1) is 13.8. The van der Waals surface area contributed by atoms with Crippen molar-refractivity contribution < 1.29 is 9.90 Å². The molecule has 0 spiro atoms. The topological polar surface area (TPSA) is 43.8 Å². The third kappa shape index (κ3) is 3.95. The van der Waals surface area contributed by atoms with Gasteiger partial charge in [0.05, 0.1) is 12.6 Å². The summed E-state index contributed by atoms with van der Waals surface area (Å²) in [4.78, 5) is 16.0. The summed E-state index contributed by atoms with van der Waals surface area (Å²) in [6, 6.07) is 0. The maximum absolute atomic E-state index is 12.1. The molecule has 0 unspecified atom stereocenters. The van der Waals surface area contributed by atoms with Crippen molar-refractivity contribution >= 4 is 5.91 Å². The van der Waals surface area contributed by atoms with Gasteiger partial charge in [0.2, 0.25) is 5.91 Å². The molecule has 1 N–H and O–H groups in total. The zero-order valence-electron chi connectivity index (χ0n) is 11.5. The molecule has 0 radical (unpaired) electrons. The predicted molar refractivity (Wildman–Crippen MR) is 71.3 cm³/mol. The smallest absolute Gasteiger partial charge is 0.236 e. The number of amides is 1. The molecule has 1 saturated heterocycles. The third-order valence-corrected chi connectivity index (χ3v) is 4.29. The number of carbonyl (C=O) groups excluding carboxylic acids is 1. The summed E-state index contributed by atoms with van der Waals surface area (Å²) in [6.07, 6.45) is 7.14. The molecule has 1 aliphatic heterocycles. The van der Waals surface area contributed by atoms with Crippen LogP contribution in [0.5, 0.6) is 0 Å². The Bertz CT molecular complexity index is 277. The fraction of sp³-hybridized carbons (Fsp3) is 0.929. The Hall–Kier alpha value is -0.610. The largest absolute Gasteiger partial charge is 0.392 e. The number of rotatable bonds is 4. The summed E-state index contributed by atoms with van der Waals surface area (Å²) in [5.74, 6) is 0.909. The second-order valence-electron chi connectivity index (χ2n) is 5.96. The van der Waals surface area contributed by atoms with Gasteiger partial charge in [-0.1, -0.05) is 19.3 Å². The van der Waals surface area contributed by atoms with Crippen LogP contribution in [0.1, 0.15) is 38.5 Å². The molecule has 18 heavy (non-hydrogen) atoms. The molecule has 0 bridgehead atoms. The normalized spacial score (nSPS) is 26.4. The first-order valence-corrected chi connectivity index (χ1v) is 7.29. The average molecular weight is 254 g/mol. The van der Waals surface area contributed by atoms with E-state index in [0.29, 0.717) is 19.0 Å². The van der Waals surface area contributed by atoms with E-state index in [4.69, 9.17) is 0 Å². The Morgan fingerprint density at radius 2 is 2.00 bits per heavy atom. The van der Waals surface area contributed by atoms with Crippen LogP contribution in [0.4, 0.5) is 0 Å². The van der Waals surface area contributed by atoms with Gasteiger partial charge in [-0.05, 0) is 25.2 Å². The number of aliphatic hydroxyl groups is 1. The van der Waals surface area contributed by atoms with Crippen molar-refractivity contribution in [3.63, 3.8) is 0 Å². The molecule has 1 saturated carbocycles. The molecule has 2 aliphatic rings. The van der Waals surface area contributed by atoms with Gasteiger partial charge in [-0.3, -0.25) is 9.69 Å². The molecule has 1 atom stereocenters. The molecular weight excluding hydrogens is 228 g/mol. The van der Waals surface area contributed by atoms with Crippen molar-refractivity contribution in [1.29, 1.82) is 0 Å². The van der Waals surface area contributed by atoms with Crippen LogP contribution < -0.4 is 0 Å². The van der Waals surface area contributed by atoms with Crippen LogP contribution in [0.2, 0.25) is 0 Å². The van der Waals surface area contributed by atoms with Crippen LogP contribution in [-0.4, -0.2) is 60.1 Å². The monoisotopic (exact) mass is 254 g/mol. The van der Waals surface area contributed by atoms with Crippen molar-refractivity contribution in [3.8, 4) is 0 Å². The SMILES string of the molecule is CN(CC1CCCCC1)C(=O)CN1CC[C@@H](O)C1. The van der Waals surface area contributed by atoms with Crippen molar-refractivity contribution in [2.45, 2.75) is 44.6 Å². The van der Waals surface area contributed by atoms with Crippen LogP contribution >= 0.6 is 0 Å². The fourth-order valence-electron chi connectivity index (χ4n) is 3.13. The lowest BCUT2D eigenvalue weighted by Gasteiger charge is -2.28. The van der Waals surface area contributed by atoms with E-state index in [9.17, 15) is 9.90 Å². The van der Waals surface area contributed by atoms with Gasteiger partial charge in [0.15, 0.2) is 0 Å². The molecule has 2 rings (SSSR count). The van der Waals surface area contributed by atoms with Gasteiger partial charge < -0.3 is 10.0 Å². The van der Waals surface area contributed by atoms with Crippen molar-refractivity contribution in [1.82, 2.24) is 9.80 Å². The van der Waals surface area contributed by atoms with E-state index in [1.807, 2.05) is 11.9 Å². The minimum Gasteiger partial charge on any atom is -0.392 e. The number of β-amino-alcohol motifs (C(OH)–C–C–N with tert-alkyl or cyclic N) is 1. The van der Waals surface area contributed by atoms with Gasteiger partial charge >= 0.3 is 0 Å². The summed E-state index contributed by atoms with van der Waals surface area (Å²) in [7, 11) is 1.92. The summed E-state index contributed by atoms with van der Waals surface area (Å²) >= 11 is 0. The van der Waals surface area contributed by atoms with Gasteiger partial charge in [-0.25, -0.2) is 0 Å². The molecule has 4 heteroatoms. The first-order chi connectivity index (χ1) is 8.65. The first-order valence-electron chi connectivity index (χ1n) is 7.29. The van der Waals surface area contributed by atoms with Gasteiger partial charge in [0.25, 0.3) is 0 Å². The van der Waals surface area contributed by atoms with E-state index in [0.717, 1.165) is 19.5 Å². The van der Waals surface area contributed by atoms with Crippen LogP contribution in [0.15, 0.2) is 0 Å². The van der Waals surface area contributed by atoms with Crippen molar-refractivity contribution in [2.75, 3.05) is 33.2 Å². The number of likely N-dealkylation sites (N-methyl/N-ethyl adjacent to an activating group) is 1. The number of likely N-dealkylation sites (tertiary alicyclic amines) is 1. The van der Waals surface area contributed by atoms with Crippen LogP contribution in [0, 0.1) is 5.92 Å². The quantitative estimate of drug-likeness (QED) is 0.817. The predicted octanol–water partition coefficient (Wildman–Crippen LogP) is 1.09. The van der Waals surface area contributed by atoms with Gasteiger partial charge in [-0.15, -0.1) is 0 Å². The average Bonchev–Trinajstić information content (AvgIpc) is 2.76.